The third kappa shape index (κ3) is 2.96. The van der Waals surface area contributed by atoms with Crippen LogP contribution in [0.2, 0.25) is 0 Å². The van der Waals surface area contributed by atoms with Crippen LogP contribution in [-0.4, -0.2) is 30.6 Å². The number of fused-ring (bicyclic) bond motifs is 5. The maximum absolute atomic E-state index is 13.2. The third-order valence-corrected chi connectivity index (χ3v) is 6.38. The van der Waals surface area contributed by atoms with Crippen molar-refractivity contribution in [2.45, 2.75) is 31.8 Å². The third-order valence-electron chi connectivity index (χ3n) is 6.38. The van der Waals surface area contributed by atoms with Gasteiger partial charge in [-0.15, -0.1) is 0 Å². The van der Waals surface area contributed by atoms with Crippen molar-refractivity contribution in [3.63, 3.8) is 0 Å². The predicted molar refractivity (Wildman–Crippen MR) is 116 cm³/mol. The number of aryl methyl sites for hydroxylation is 1. The minimum absolute atomic E-state index is 0.192. The van der Waals surface area contributed by atoms with Gasteiger partial charge in [0.05, 0.1) is 24.5 Å². The Balaban J connectivity index is 1.70. The molecule has 5 rings (SSSR count). The molecule has 1 aromatic heterocycles. The summed E-state index contributed by atoms with van der Waals surface area (Å²) in [5.74, 6) is -2.39. The largest absolute Gasteiger partial charge is 0.466 e. The van der Waals surface area contributed by atoms with Gasteiger partial charge in [-0.1, -0.05) is 30.3 Å². The number of methoxy groups -OCH3 is 1. The van der Waals surface area contributed by atoms with E-state index in [1.807, 2.05) is 0 Å². The van der Waals surface area contributed by atoms with Gasteiger partial charge in [0.2, 0.25) is 17.2 Å². The molecule has 2 aromatic carbocycles. The van der Waals surface area contributed by atoms with E-state index in [0.29, 0.717) is 40.9 Å². The van der Waals surface area contributed by atoms with Crippen LogP contribution in [0.4, 0.5) is 0 Å². The molecule has 0 radical (unpaired) electrons. The number of Topliss-reactive ketones (excluding diaryl/α,β-unsaturated/α-hetero) is 2. The Kier molecular flexibility index (Phi) is 4.78. The Hall–Kier alpha value is -4.00. The zero-order valence-electron chi connectivity index (χ0n) is 18.1. The first kappa shape index (κ1) is 20.9. The number of hydrogen-bond acceptors (Lipinski definition) is 7. The molecule has 0 fully saturated rings. The van der Waals surface area contributed by atoms with E-state index in [0.717, 1.165) is 0 Å². The lowest BCUT2D eigenvalue weighted by Gasteiger charge is -2.37. The number of benzene rings is 2. The van der Waals surface area contributed by atoms with Gasteiger partial charge in [0.1, 0.15) is 5.76 Å². The van der Waals surface area contributed by atoms with Crippen LogP contribution in [0, 0.1) is 6.92 Å². The van der Waals surface area contributed by atoms with Crippen molar-refractivity contribution in [1.29, 1.82) is 0 Å². The van der Waals surface area contributed by atoms with Gasteiger partial charge >= 0.3 is 11.9 Å². The van der Waals surface area contributed by atoms with Gasteiger partial charge in [-0.3, -0.25) is 9.59 Å². The molecule has 1 heterocycles. The van der Waals surface area contributed by atoms with Gasteiger partial charge in [0.25, 0.3) is 0 Å². The molecule has 0 aliphatic heterocycles. The number of ether oxygens (including phenoxy) is 2. The fraction of sp³-hybridized carbons (Fsp3) is 0.231. The van der Waals surface area contributed by atoms with Crippen LogP contribution in [0.15, 0.2) is 53.1 Å². The Morgan fingerprint density at radius 1 is 1.00 bits per heavy atom. The van der Waals surface area contributed by atoms with E-state index in [1.54, 1.807) is 49.4 Å². The highest BCUT2D eigenvalue weighted by Gasteiger charge is 2.50. The predicted octanol–water partition coefficient (Wildman–Crippen LogP) is 4.20. The summed E-state index contributed by atoms with van der Waals surface area (Å²) >= 11 is 0. The Labute approximate surface area is 189 Å². The Morgan fingerprint density at radius 2 is 1.73 bits per heavy atom. The summed E-state index contributed by atoms with van der Waals surface area (Å²) in [6.45, 7) is 1.71. The van der Waals surface area contributed by atoms with E-state index >= 15 is 0 Å². The van der Waals surface area contributed by atoms with Crippen LogP contribution in [-0.2, 0) is 26.3 Å². The quantitative estimate of drug-likeness (QED) is 0.441. The van der Waals surface area contributed by atoms with Crippen molar-refractivity contribution in [1.82, 2.24) is 0 Å². The number of carbonyl (C=O) groups is 4. The van der Waals surface area contributed by atoms with E-state index < -0.39 is 29.1 Å². The van der Waals surface area contributed by atoms with Crippen LogP contribution < -0.4 is 0 Å². The van der Waals surface area contributed by atoms with Crippen molar-refractivity contribution in [2.24, 2.45) is 0 Å². The average molecular weight is 444 g/mol. The number of carbonyl (C=O) groups excluding carboxylic acids is 4. The molecule has 0 N–H and O–H groups in total. The number of esters is 2. The van der Waals surface area contributed by atoms with Crippen molar-refractivity contribution in [3.8, 4) is 11.3 Å². The first-order valence-electron chi connectivity index (χ1n) is 10.6. The molecular weight excluding hydrogens is 424 g/mol. The monoisotopic (exact) mass is 444 g/mol. The molecule has 0 bridgehead atoms. The summed E-state index contributed by atoms with van der Waals surface area (Å²) in [5.41, 5.74) is 0.963. The summed E-state index contributed by atoms with van der Waals surface area (Å²) in [7, 11) is 1.22. The second-order valence-electron chi connectivity index (χ2n) is 8.22. The fourth-order valence-electron chi connectivity index (χ4n) is 4.85. The maximum Gasteiger partial charge on any atom is 0.355 e. The summed E-state index contributed by atoms with van der Waals surface area (Å²) in [4.78, 5) is 52.1. The van der Waals surface area contributed by atoms with Crippen LogP contribution in [0.3, 0.4) is 0 Å². The molecule has 0 unspecified atom stereocenters. The highest BCUT2D eigenvalue weighted by atomic mass is 16.6. The van der Waals surface area contributed by atoms with Crippen LogP contribution in [0.1, 0.15) is 60.6 Å². The number of furan rings is 1. The second-order valence-corrected chi connectivity index (χ2v) is 8.22. The molecule has 7 nitrogen and oxygen atoms in total. The Morgan fingerprint density at radius 3 is 2.45 bits per heavy atom. The first-order valence-corrected chi connectivity index (χ1v) is 10.6. The molecule has 0 saturated carbocycles. The lowest BCUT2D eigenvalue weighted by Crippen LogP contribution is -2.45. The van der Waals surface area contributed by atoms with Crippen LogP contribution in [0.25, 0.3) is 11.3 Å². The first-order chi connectivity index (χ1) is 15.9. The molecule has 7 heteroatoms. The highest BCUT2D eigenvalue weighted by molar-refractivity contribution is 6.53. The molecule has 0 amide bonds. The lowest BCUT2D eigenvalue weighted by atomic mass is 9.73. The standard InChI is InChI=1S/C26H20O7/c1-14-13-32-23-17-10-11-18-16(20(17)22(28)21(27)19(14)23)9-6-12-26(18,25(30)31-2)33-24(29)15-7-4-3-5-8-15/h3-5,7-8,10-11,13H,6,9,12H2,1-2H3/t26-/m1/s1. The van der Waals surface area contributed by atoms with Crippen molar-refractivity contribution in [3.05, 3.63) is 82.1 Å². The van der Waals surface area contributed by atoms with E-state index in [9.17, 15) is 19.2 Å². The number of ketones is 2. The lowest BCUT2D eigenvalue weighted by molar-refractivity contribution is -0.166. The fourth-order valence-corrected chi connectivity index (χ4v) is 4.85. The Bertz CT molecular complexity index is 1330. The number of hydrogen-bond donors (Lipinski definition) is 0. The van der Waals surface area contributed by atoms with Crippen molar-refractivity contribution >= 4 is 23.5 Å². The topological polar surface area (TPSA) is 99.9 Å². The van der Waals surface area contributed by atoms with E-state index in [4.69, 9.17) is 13.9 Å². The van der Waals surface area contributed by atoms with E-state index in [1.165, 1.54) is 13.4 Å². The van der Waals surface area contributed by atoms with Gasteiger partial charge in [-0.2, -0.15) is 0 Å². The molecule has 0 spiro atoms. The van der Waals surface area contributed by atoms with Gasteiger partial charge in [-0.05, 0) is 43.0 Å². The van der Waals surface area contributed by atoms with Gasteiger partial charge in [0.15, 0.2) is 0 Å². The molecule has 2 aliphatic carbocycles. The zero-order valence-corrected chi connectivity index (χ0v) is 18.1. The minimum Gasteiger partial charge on any atom is -0.466 e. The van der Waals surface area contributed by atoms with Crippen molar-refractivity contribution < 1.29 is 33.1 Å². The normalized spacial score (nSPS) is 18.7. The maximum atomic E-state index is 13.2. The molecular formula is C26H20O7. The van der Waals surface area contributed by atoms with E-state index in [2.05, 4.69) is 0 Å². The highest BCUT2D eigenvalue weighted by Crippen LogP contribution is 2.46. The van der Waals surface area contributed by atoms with Gasteiger partial charge in [0, 0.05) is 23.1 Å². The molecule has 1 atom stereocenters. The summed E-state index contributed by atoms with van der Waals surface area (Å²) < 4.78 is 16.5. The van der Waals surface area contributed by atoms with E-state index in [-0.39, 0.29) is 23.1 Å². The zero-order chi connectivity index (χ0) is 23.3. The SMILES string of the molecule is COC(=O)[C@@]1(OC(=O)c2ccccc2)CCCc2c1ccc1c2C(=O)C(=O)c2c(C)coc2-1. The second kappa shape index (κ2) is 7.55. The number of rotatable bonds is 3. The van der Waals surface area contributed by atoms with Crippen molar-refractivity contribution in [2.75, 3.05) is 7.11 Å². The molecule has 166 valence electrons. The van der Waals surface area contributed by atoms with Crippen LogP contribution in [0.5, 0.6) is 0 Å². The molecule has 33 heavy (non-hydrogen) atoms. The smallest absolute Gasteiger partial charge is 0.355 e. The molecule has 0 saturated heterocycles. The summed E-state index contributed by atoms with van der Waals surface area (Å²) in [6, 6.07) is 11.6. The summed E-state index contributed by atoms with van der Waals surface area (Å²) in [6.07, 6.45) is 2.53. The van der Waals surface area contributed by atoms with Gasteiger partial charge in [-0.25, -0.2) is 9.59 Å². The average Bonchev–Trinajstić information content (AvgIpc) is 3.23. The minimum atomic E-state index is -1.73. The van der Waals surface area contributed by atoms with Crippen LogP contribution >= 0.6 is 0 Å². The van der Waals surface area contributed by atoms with Gasteiger partial charge < -0.3 is 13.9 Å². The molecule has 2 aliphatic rings. The summed E-state index contributed by atoms with van der Waals surface area (Å²) in [5, 5.41) is 0. The molecule has 3 aromatic rings.